The van der Waals surface area contributed by atoms with E-state index < -0.39 is 5.60 Å². The van der Waals surface area contributed by atoms with Crippen molar-refractivity contribution in [2.75, 3.05) is 6.54 Å². The molecule has 0 aromatic carbocycles. The van der Waals surface area contributed by atoms with Crippen molar-refractivity contribution in [3.63, 3.8) is 0 Å². The maximum absolute atomic E-state index is 12.3. The number of carbonyl (C=O) groups is 1. The van der Waals surface area contributed by atoms with Crippen LogP contribution in [0.25, 0.3) is 5.82 Å². The van der Waals surface area contributed by atoms with Crippen LogP contribution in [-0.4, -0.2) is 32.1 Å². The maximum Gasteiger partial charge on any atom is 0.270 e. The summed E-state index contributed by atoms with van der Waals surface area (Å²) in [5.41, 5.74) is -0.815. The van der Waals surface area contributed by atoms with Crippen molar-refractivity contribution >= 4 is 17.2 Å². The highest BCUT2D eigenvalue weighted by atomic mass is 32.1. The maximum atomic E-state index is 12.3. The van der Waals surface area contributed by atoms with Gasteiger partial charge in [-0.25, -0.2) is 9.97 Å². The standard InChI is InChI=1S/C16H16N4O2S/c1-16(22,13-5-3-9-23-13)10-18-15(21)12-4-2-6-14(19-12)20-8-7-17-11-20/h2-9,11,22H,10H2,1H3,(H,18,21). The van der Waals surface area contributed by atoms with Crippen molar-refractivity contribution in [3.05, 3.63) is 65.0 Å². The van der Waals surface area contributed by atoms with Crippen LogP contribution in [-0.2, 0) is 5.60 Å². The van der Waals surface area contributed by atoms with Crippen LogP contribution < -0.4 is 5.32 Å². The van der Waals surface area contributed by atoms with E-state index in [0.717, 1.165) is 4.88 Å². The highest BCUT2D eigenvalue weighted by molar-refractivity contribution is 7.10. The summed E-state index contributed by atoms with van der Waals surface area (Å²) in [5, 5.41) is 15.1. The predicted octanol–water partition coefficient (Wildman–Crippen LogP) is 1.97. The molecule has 1 unspecified atom stereocenters. The van der Waals surface area contributed by atoms with E-state index in [9.17, 15) is 9.90 Å². The molecule has 23 heavy (non-hydrogen) atoms. The highest BCUT2D eigenvalue weighted by Crippen LogP contribution is 2.24. The van der Waals surface area contributed by atoms with Gasteiger partial charge in [-0.15, -0.1) is 11.3 Å². The molecule has 0 radical (unpaired) electrons. The normalized spacial score (nSPS) is 13.5. The average Bonchev–Trinajstić information content (AvgIpc) is 3.25. The Balaban J connectivity index is 1.70. The summed E-state index contributed by atoms with van der Waals surface area (Å²) in [6.07, 6.45) is 5.02. The molecule has 2 N–H and O–H groups in total. The predicted molar refractivity (Wildman–Crippen MR) is 87.6 cm³/mol. The third-order valence-electron chi connectivity index (χ3n) is 3.38. The zero-order chi connectivity index (χ0) is 16.3. The van der Waals surface area contributed by atoms with Crippen LogP contribution in [0.2, 0.25) is 0 Å². The molecule has 3 aromatic heterocycles. The second-order valence-corrected chi connectivity index (χ2v) is 6.23. The average molecular weight is 328 g/mol. The Morgan fingerprint density at radius 3 is 2.96 bits per heavy atom. The second kappa shape index (κ2) is 6.31. The Morgan fingerprint density at radius 2 is 2.26 bits per heavy atom. The molecule has 3 heterocycles. The molecule has 0 bridgehead atoms. The number of nitrogens with one attached hydrogen (secondary N) is 1. The molecule has 3 rings (SSSR count). The third kappa shape index (κ3) is 3.46. The number of aromatic nitrogens is 3. The topological polar surface area (TPSA) is 80.0 Å². The fourth-order valence-corrected chi connectivity index (χ4v) is 2.89. The van der Waals surface area contributed by atoms with Gasteiger partial charge in [0.05, 0.1) is 6.54 Å². The SMILES string of the molecule is CC(O)(CNC(=O)c1cccc(-n2ccnc2)n1)c1cccs1. The Morgan fingerprint density at radius 1 is 1.39 bits per heavy atom. The summed E-state index contributed by atoms with van der Waals surface area (Å²) in [6, 6.07) is 8.89. The molecule has 0 fully saturated rings. The summed E-state index contributed by atoms with van der Waals surface area (Å²) in [7, 11) is 0. The summed E-state index contributed by atoms with van der Waals surface area (Å²) in [6.45, 7) is 1.79. The van der Waals surface area contributed by atoms with E-state index in [1.807, 2.05) is 17.5 Å². The molecule has 118 valence electrons. The van der Waals surface area contributed by atoms with E-state index in [1.165, 1.54) is 11.3 Å². The van der Waals surface area contributed by atoms with Crippen LogP contribution in [0, 0.1) is 0 Å². The number of hydrogen-bond donors (Lipinski definition) is 2. The van der Waals surface area contributed by atoms with Crippen molar-refractivity contribution in [1.82, 2.24) is 19.9 Å². The molecule has 0 aliphatic heterocycles. The number of thiophene rings is 1. The number of imidazole rings is 1. The molecule has 1 atom stereocenters. The first-order valence-corrected chi connectivity index (χ1v) is 7.94. The van der Waals surface area contributed by atoms with Crippen LogP contribution in [0.1, 0.15) is 22.3 Å². The number of nitrogens with zero attached hydrogens (tertiary/aromatic N) is 3. The minimum atomic E-state index is -1.11. The van der Waals surface area contributed by atoms with Crippen molar-refractivity contribution in [1.29, 1.82) is 0 Å². The first-order chi connectivity index (χ1) is 11.1. The molecule has 0 saturated carbocycles. The largest absolute Gasteiger partial charge is 0.383 e. The lowest BCUT2D eigenvalue weighted by Gasteiger charge is -2.22. The lowest BCUT2D eigenvalue weighted by atomic mass is 10.1. The molecular weight excluding hydrogens is 312 g/mol. The minimum Gasteiger partial charge on any atom is -0.383 e. The first kappa shape index (κ1) is 15.4. The van der Waals surface area contributed by atoms with E-state index in [2.05, 4.69) is 15.3 Å². The monoisotopic (exact) mass is 328 g/mol. The fourth-order valence-electron chi connectivity index (χ4n) is 2.10. The van der Waals surface area contributed by atoms with Crippen molar-refractivity contribution in [2.45, 2.75) is 12.5 Å². The van der Waals surface area contributed by atoms with Crippen molar-refractivity contribution in [2.24, 2.45) is 0 Å². The Labute approximate surface area is 137 Å². The van der Waals surface area contributed by atoms with Gasteiger partial charge in [0.1, 0.15) is 23.4 Å². The van der Waals surface area contributed by atoms with Gasteiger partial charge in [-0.2, -0.15) is 0 Å². The van der Waals surface area contributed by atoms with Gasteiger partial charge in [0.25, 0.3) is 5.91 Å². The summed E-state index contributed by atoms with van der Waals surface area (Å²) in [5.74, 6) is 0.281. The lowest BCUT2D eigenvalue weighted by Crippen LogP contribution is -2.38. The number of pyridine rings is 1. The van der Waals surface area contributed by atoms with Gasteiger partial charge in [0, 0.05) is 17.3 Å². The van der Waals surface area contributed by atoms with Gasteiger partial charge >= 0.3 is 0 Å². The first-order valence-electron chi connectivity index (χ1n) is 7.06. The number of hydrogen-bond acceptors (Lipinski definition) is 5. The molecule has 0 saturated heterocycles. The molecule has 0 aliphatic rings. The van der Waals surface area contributed by atoms with Gasteiger partial charge in [-0.05, 0) is 30.5 Å². The minimum absolute atomic E-state index is 0.114. The van der Waals surface area contributed by atoms with Crippen molar-refractivity contribution < 1.29 is 9.90 Å². The van der Waals surface area contributed by atoms with Gasteiger partial charge in [-0.1, -0.05) is 12.1 Å². The highest BCUT2D eigenvalue weighted by Gasteiger charge is 2.25. The summed E-state index contributed by atoms with van der Waals surface area (Å²) in [4.78, 5) is 21.4. The Bertz CT molecular complexity index is 782. The Kier molecular flexibility index (Phi) is 4.22. The fraction of sp³-hybridized carbons (Fsp3) is 0.188. The zero-order valence-electron chi connectivity index (χ0n) is 12.5. The van der Waals surface area contributed by atoms with Gasteiger partial charge in [0.15, 0.2) is 0 Å². The smallest absolute Gasteiger partial charge is 0.270 e. The van der Waals surface area contributed by atoms with Crippen LogP contribution in [0.15, 0.2) is 54.4 Å². The Hall–Kier alpha value is -2.51. The quantitative estimate of drug-likeness (QED) is 0.750. The second-order valence-electron chi connectivity index (χ2n) is 5.28. The van der Waals surface area contributed by atoms with Gasteiger partial charge in [0.2, 0.25) is 0 Å². The van der Waals surface area contributed by atoms with E-state index >= 15 is 0 Å². The van der Waals surface area contributed by atoms with E-state index in [1.54, 1.807) is 48.4 Å². The molecule has 6 nitrogen and oxygen atoms in total. The van der Waals surface area contributed by atoms with E-state index in [4.69, 9.17) is 0 Å². The molecule has 1 amide bonds. The number of aliphatic hydroxyl groups is 1. The number of rotatable bonds is 5. The summed E-state index contributed by atoms with van der Waals surface area (Å²) < 4.78 is 1.72. The lowest BCUT2D eigenvalue weighted by molar-refractivity contribution is 0.0555. The number of amides is 1. The van der Waals surface area contributed by atoms with Crippen molar-refractivity contribution in [3.8, 4) is 5.82 Å². The number of carbonyl (C=O) groups excluding carboxylic acids is 1. The van der Waals surface area contributed by atoms with Crippen LogP contribution >= 0.6 is 11.3 Å². The van der Waals surface area contributed by atoms with Gasteiger partial charge in [-0.3, -0.25) is 9.36 Å². The molecular formula is C16H16N4O2S. The zero-order valence-corrected chi connectivity index (χ0v) is 13.3. The van der Waals surface area contributed by atoms with E-state index in [0.29, 0.717) is 5.82 Å². The van der Waals surface area contributed by atoms with Crippen LogP contribution in [0.5, 0.6) is 0 Å². The van der Waals surface area contributed by atoms with Crippen LogP contribution in [0.3, 0.4) is 0 Å². The van der Waals surface area contributed by atoms with E-state index in [-0.39, 0.29) is 18.1 Å². The van der Waals surface area contributed by atoms with Crippen LogP contribution in [0.4, 0.5) is 0 Å². The van der Waals surface area contributed by atoms with Gasteiger partial charge < -0.3 is 10.4 Å². The summed E-state index contributed by atoms with van der Waals surface area (Å²) >= 11 is 1.45. The molecule has 7 heteroatoms. The molecule has 0 spiro atoms. The third-order valence-corrected chi connectivity index (χ3v) is 4.50. The molecule has 0 aliphatic carbocycles. The molecule has 3 aromatic rings.